The quantitative estimate of drug-likeness (QED) is 0.0340. The first-order valence-corrected chi connectivity index (χ1v) is 19.8. The monoisotopic (exact) mass is 883 g/mol. The number of anilines is 2. The maximum Gasteiger partial charge on any atom is 0.417 e. The predicted molar refractivity (Wildman–Crippen MR) is 225 cm³/mol. The van der Waals surface area contributed by atoms with Gasteiger partial charge in [-0.1, -0.05) is 36.9 Å². The predicted octanol–water partition coefficient (Wildman–Crippen LogP) is 5.37. The lowest BCUT2D eigenvalue weighted by Gasteiger charge is -2.27. The molecular weight excluding hydrogens is 843 g/mol. The summed E-state index contributed by atoms with van der Waals surface area (Å²) in [7, 11) is 1.40. The summed E-state index contributed by atoms with van der Waals surface area (Å²) in [6.07, 6.45) is -0.596. The molecule has 0 spiro atoms. The zero-order valence-electron chi connectivity index (χ0n) is 34.4. The van der Waals surface area contributed by atoms with Crippen molar-refractivity contribution in [1.82, 2.24) is 31.2 Å². The molecule has 7 amide bonds. The van der Waals surface area contributed by atoms with E-state index in [4.69, 9.17) is 4.74 Å². The van der Waals surface area contributed by atoms with Gasteiger partial charge in [-0.25, -0.2) is 4.39 Å². The Bertz CT molecular complexity index is 2650. The van der Waals surface area contributed by atoms with Crippen LogP contribution in [0.1, 0.15) is 58.9 Å². The van der Waals surface area contributed by atoms with Crippen molar-refractivity contribution in [2.24, 2.45) is 0 Å². The molecule has 1 aromatic heterocycles. The molecule has 6 rings (SSSR count). The van der Waals surface area contributed by atoms with Gasteiger partial charge in [0, 0.05) is 43.8 Å². The SMILES string of the molecule is C=C/C=C1/C(=O)N(C2CCC(=O)NC2=O)C(=O)/C1=C(/C)OCC(=O)NCCCCNC(=O)c1ccc(-c2cc3c(Nc4ccccc4)c(C(=O)NC)cnc3cc2C(F)(F)F)cc1F. The van der Waals surface area contributed by atoms with Crippen LogP contribution in [0.15, 0.2) is 102 Å². The van der Waals surface area contributed by atoms with E-state index in [0.717, 1.165) is 23.1 Å². The molecule has 0 bridgehead atoms. The molecule has 15 nitrogen and oxygen atoms in total. The normalized spacial score (nSPS) is 16.7. The summed E-state index contributed by atoms with van der Waals surface area (Å²) >= 11 is 0. The van der Waals surface area contributed by atoms with Gasteiger partial charge in [-0.2, -0.15) is 13.2 Å². The molecule has 1 atom stereocenters. The molecule has 4 aromatic rings. The average Bonchev–Trinajstić information content (AvgIpc) is 3.50. The summed E-state index contributed by atoms with van der Waals surface area (Å²) in [6.45, 7) is 4.58. The van der Waals surface area contributed by atoms with E-state index in [0.29, 0.717) is 18.5 Å². The third kappa shape index (κ3) is 9.98. The summed E-state index contributed by atoms with van der Waals surface area (Å²) < 4.78 is 64.5. The molecule has 5 N–H and O–H groups in total. The first-order chi connectivity index (χ1) is 30.5. The summed E-state index contributed by atoms with van der Waals surface area (Å²) in [4.78, 5) is 93.7. The standard InChI is InChI=1S/C45H41F4N7O8/c1-4-10-28-38(44(63)56(43(28)62)35-15-16-36(57)55-42(35)61)24(2)64-23-37(58)51-17-8-9-18-52-41(60)27-14-13-25(19-33(27)46)29-20-30-34(21-32(29)45(47,48)49)53-22-31(40(59)50-3)39(30)54-26-11-6-5-7-12-26/h4-7,10-14,19-22,35H,1,8-9,15-18,23H2,2-3H3,(H,50,59)(H,51,58)(H,52,60)(H,53,54)(H,55,57,61)/b28-10+,38-24-. The number of aromatic nitrogens is 1. The van der Waals surface area contributed by atoms with Crippen LogP contribution in [0.25, 0.3) is 22.0 Å². The van der Waals surface area contributed by atoms with Crippen LogP contribution in [0.3, 0.4) is 0 Å². The van der Waals surface area contributed by atoms with Gasteiger partial charge in [0.15, 0.2) is 6.61 Å². The van der Waals surface area contributed by atoms with E-state index in [2.05, 4.69) is 38.1 Å². The molecule has 19 heteroatoms. The van der Waals surface area contributed by atoms with E-state index in [1.54, 1.807) is 30.3 Å². The number of alkyl halides is 3. The first kappa shape index (κ1) is 45.8. The molecule has 64 heavy (non-hydrogen) atoms. The molecule has 1 unspecified atom stereocenters. The first-order valence-electron chi connectivity index (χ1n) is 19.8. The minimum Gasteiger partial charge on any atom is -0.488 e. The van der Waals surface area contributed by atoms with Gasteiger partial charge >= 0.3 is 6.18 Å². The van der Waals surface area contributed by atoms with E-state index in [1.807, 2.05) is 0 Å². The van der Waals surface area contributed by atoms with E-state index < -0.39 is 82.7 Å². The summed E-state index contributed by atoms with van der Waals surface area (Å²) in [5, 5.41) is 13.0. The van der Waals surface area contributed by atoms with Crippen LogP contribution in [0, 0.1) is 5.82 Å². The smallest absolute Gasteiger partial charge is 0.417 e. The fraction of sp³-hybridized carbons (Fsp3) is 0.244. The molecule has 0 saturated carbocycles. The van der Waals surface area contributed by atoms with Gasteiger partial charge in [-0.05, 0) is 79.8 Å². The van der Waals surface area contributed by atoms with Gasteiger partial charge in [-0.15, -0.1) is 0 Å². The zero-order chi connectivity index (χ0) is 46.3. The number of piperidine rings is 1. The topological polar surface area (TPSA) is 205 Å². The number of allylic oxidation sites excluding steroid dienone is 3. The molecule has 332 valence electrons. The van der Waals surface area contributed by atoms with Crippen molar-refractivity contribution in [3.63, 3.8) is 0 Å². The van der Waals surface area contributed by atoms with E-state index in [9.17, 15) is 46.7 Å². The number of benzene rings is 3. The number of nitrogens with one attached hydrogen (secondary N) is 5. The number of ether oxygens (including phenoxy) is 1. The Kier molecular flexibility index (Phi) is 14.0. The molecule has 2 aliphatic heterocycles. The lowest BCUT2D eigenvalue weighted by molar-refractivity contribution is -0.149. The number of halogens is 4. The molecule has 2 aliphatic rings. The van der Waals surface area contributed by atoms with Crippen molar-refractivity contribution in [3.05, 3.63) is 125 Å². The number of amides is 7. The largest absolute Gasteiger partial charge is 0.488 e. The highest BCUT2D eigenvalue weighted by Crippen LogP contribution is 2.42. The van der Waals surface area contributed by atoms with Crippen LogP contribution in [-0.2, 0) is 34.9 Å². The number of likely N-dealkylation sites (tertiary alicyclic amines) is 1. The van der Waals surface area contributed by atoms with Crippen molar-refractivity contribution >= 4 is 63.6 Å². The number of rotatable bonds is 15. The van der Waals surface area contributed by atoms with Crippen molar-refractivity contribution in [3.8, 4) is 11.1 Å². The van der Waals surface area contributed by atoms with E-state index in [1.165, 1.54) is 44.5 Å². The fourth-order valence-electron chi connectivity index (χ4n) is 7.15. The summed E-state index contributed by atoms with van der Waals surface area (Å²) in [6, 6.07) is 12.5. The number of carbonyl (C=O) groups is 7. The second-order valence-corrected chi connectivity index (χ2v) is 14.5. The summed E-state index contributed by atoms with van der Waals surface area (Å²) in [5.41, 5.74) is -1.68. The number of hydrogen-bond acceptors (Lipinski definition) is 10. The van der Waals surface area contributed by atoms with Gasteiger partial charge in [0.1, 0.15) is 17.6 Å². The number of hydrogen-bond donors (Lipinski definition) is 5. The van der Waals surface area contributed by atoms with Crippen molar-refractivity contribution in [1.29, 1.82) is 0 Å². The number of pyridine rings is 1. The molecule has 3 heterocycles. The highest BCUT2D eigenvalue weighted by atomic mass is 19.4. The van der Waals surface area contributed by atoms with Crippen molar-refractivity contribution < 1.29 is 55.9 Å². The fourth-order valence-corrected chi connectivity index (χ4v) is 7.15. The zero-order valence-corrected chi connectivity index (χ0v) is 34.4. The molecular formula is C45H41F4N7O8. The van der Waals surface area contributed by atoms with E-state index in [-0.39, 0.29) is 70.6 Å². The van der Waals surface area contributed by atoms with Crippen molar-refractivity contribution in [2.45, 2.75) is 44.8 Å². The Labute approximate surface area is 363 Å². The Hall–Kier alpha value is -7.70. The Morgan fingerprint density at radius 3 is 2.33 bits per heavy atom. The number of para-hydroxylation sites is 1. The molecule has 0 aliphatic carbocycles. The van der Waals surface area contributed by atoms with Crippen LogP contribution in [0.2, 0.25) is 0 Å². The minimum atomic E-state index is -4.89. The Balaban J connectivity index is 1.06. The van der Waals surface area contributed by atoms with Crippen molar-refractivity contribution in [2.75, 3.05) is 32.1 Å². The summed E-state index contributed by atoms with van der Waals surface area (Å²) in [5.74, 6) is -6.01. The lowest BCUT2D eigenvalue weighted by atomic mass is 9.94. The van der Waals surface area contributed by atoms with Crippen LogP contribution < -0.4 is 26.6 Å². The third-order valence-corrected chi connectivity index (χ3v) is 10.3. The van der Waals surface area contributed by atoms with Gasteiger partial charge in [0.2, 0.25) is 11.8 Å². The van der Waals surface area contributed by atoms with E-state index >= 15 is 4.39 Å². The maximum absolute atomic E-state index is 15.5. The highest BCUT2D eigenvalue weighted by Gasteiger charge is 2.47. The van der Waals surface area contributed by atoms with Gasteiger partial charge in [0.25, 0.3) is 29.5 Å². The van der Waals surface area contributed by atoms with Crippen LogP contribution >= 0.6 is 0 Å². The van der Waals surface area contributed by atoms with Gasteiger partial charge in [-0.3, -0.25) is 48.8 Å². The van der Waals surface area contributed by atoms with Crippen LogP contribution in [0.5, 0.6) is 0 Å². The second-order valence-electron chi connectivity index (χ2n) is 14.5. The van der Waals surface area contributed by atoms with Gasteiger partial charge < -0.3 is 26.0 Å². The van der Waals surface area contributed by atoms with Gasteiger partial charge in [0.05, 0.1) is 39.0 Å². The Morgan fingerprint density at radius 2 is 1.67 bits per heavy atom. The maximum atomic E-state index is 15.5. The number of carbonyl (C=O) groups excluding carboxylic acids is 7. The lowest BCUT2D eigenvalue weighted by Crippen LogP contribution is -2.54. The highest BCUT2D eigenvalue weighted by molar-refractivity contribution is 6.26. The number of fused-ring (bicyclic) bond motifs is 1. The van der Waals surface area contributed by atoms with Crippen LogP contribution in [0.4, 0.5) is 28.9 Å². The molecule has 2 fully saturated rings. The molecule has 3 aromatic carbocycles. The number of nitrogens with zero attached hydrogens (tertiary/aromatic N) is 2. The molecule has 2 saturated heterocycles. The second kappa shape index (κ2) is 19.6. The average molecular weight is 884 g/mol. The van der Waals surface area contributed by atoms with Crippen LogP contribution in [-0.4, -0.2) is 84.0 Å². The minimum absolute atomic E-state index is 0.0486. The molecule has 0 radical (unpaired) electrons. The Morgan fingerprint density at radius 1 is 0.953 bits per heavy atom. The number of unbranched alkanes of at least 4 members (excludes halogenated alkanes) is 1. The number of imide groups is 2. The third-order valence-electron chi connectivity index (χ3n) is 10.3.